The quantitative estimate of drug-likeness (QED) is 0.734. The van der Waals surface area contributed by atoms with Crippen molar-refractivity contribution in [3.63, 3.8) is 0 Å². The minimum Gasteiger partial charge on any atom is -0.378 e. The van der Waals surface area contributed by atoms with Crippen LogP contribution in [0, 0.1) is 0 Å². The second kappa shape index (κ2) is 6.10. The average Bonchev–Trinajstić information content (AvgIpc) is 2.88. The van der Waals surface area contributed by atoms with Gasteiger partial charge in [0.05, 0.1) is 18.8 Å². The lowest BCUT2D eigenvalue weighted by Gasteiger charge is -2.27. The maximum Gasteiger partial charge on any atom is 0.365 e. The van der Waals surface area contributed by atoms with Gasteiger partial charge in [0.2, 0.25) is 0 Å². The third-order valence-corrected chi connectivity index (χ3v) is 3.50. The number of anilines is 1. The monoisotopic (exact) mass is 305 g/mol. The fourth-order valence-corrected chi connectivity index (χ4v) is 2.28. The highest BCUT2D eigenvalue weighted by Crippen LogP contribution is 2.16. The van der Waals surface area contributed by atoms with Gasteiger partial charge in [-0.25, -0.2) is 9.78 Å². The van der Waals surface area contributed by atoms with Crippen LogP contribution < -0.4 is 4.90 Å². The average molecular weight is 305 g/mol. The van der Waals surface area contributed by atoms with Crippen molar-refractivity contribution < 1.29 is 24.0 Å². The number of rotatable bonds is 3. The summed E-state index contributed by atoms with van der Waals surface area (Å²) in [7, 11) is 0. The Morgan fingerprint density at radius 3 is 2.41 bits per heavy atom. The van der Waals surface area contributed by atoms with E-state index in [-0.39, 0.29) is 18.4 Å². The van der Waals surface area contributed by atoms with Crippen molar-refractivity contribution >= 4 is 23.6 Å². The molecule has 0 atom stereocenters. The van der Waals surface area contributed by atoms with E-state index in [1.165, 1.54) is 6.20 Å². The molecule has 2 amide bonds. The van der Waals surface area contributed by atoms with Crippen LogP contribution in [-0.2, 0) is 19.2 Å². The first-order valence-corrected chi connectivity index (χ1v) is 7.02. The summed E-state index contributed by atoms with van der Waals surface area (Å²) in [5.41, 5.74) is 0.185. The topological polar surface area (TPSA) is 89.0 Å². The Labute approximate surface area is 126 Å². The number of hydroxylamine groups is 2. The normalized spacial score (nSPS) is 18.7. The summed E-state index contributed by atoms with van der Waals surface area (Å²) >= 11 is 0. The molecule has 116 valence electrons. The molecule has 22 heavy (non-hydrogen) atoms. The summed E-state index contributed by atoms with van der Waals surface area (Å²) in [4.78, 5) is 45.8. The molecule has 1 aromatic heterocycles. The first kappa shape index (κ1) is 14.5. The van der Waals surface area contributed by atoms with Gasteiger partial charge in [-0.1, -0.05) is 0 Å². The highest BCUT2D eigenvalue weighted by atomic mass is 16.7. The SMILES string of the molecule is O=C(ON1C(=O)CCC1=O)c1ccc(N2CCOCC2)nc1. The molecule has 0 spiro atoms. The standard InChI is InChI=1S/C14H15N3O5/c18-12-3-4-13(19)17(12)22-14(20)10-1-2-11(15-9-10)16-5-7-21-8-6-16/h1-2,9H,3-8H2. The molecule has 0 aliphatic carbocycles. The van der Waals surface area contributed by atoms with Gasteiger partial charge in [-0.2, -0.15) is 0 Å². The largest absolute Gasteiger partial charge is 0.378 e. The zero-order valence-electron chi connectivity index (χ0n) is 11.9. The van der Waals surface area contributed by atoms with E-state index in [0.717, 1.165) is 18.9 Å². The number of nitrogens with zero attached hydrogens (tertiary/aromatic N) is 3. The van der Waals surface area contributed by atoms with Gasteiger partial charge in [0.25, 0.3) is 11.8 Å². The summed E-state index contributed by atoms with van der Waals surface area (Å²) in [6, 6.07) is 3.26. The van der Waals surface area contributed by atoms with Crippen molar-refractivity contribution in [3.05, 3.63) is 23.9 Å². The Hall–Kier alpha value is -2.48. The second-order valence-corrected chi connectivity index (χ2v) is 4.97. The number of hydrogen-bond donors (Lipinski definition) is 0. The molecule has 2 fully saturated rings. The van der Waals surface area contributed by atoms with Gasteiger partial charge in [-0.05, 0) is 12.1 Å². The van der Waals surface area contributed by atoms with Crippen LogP contribution in [0.4, 0.5) is 5.82 Å². The Kier molecular flexibility index (Phi) is 4.01. The van der Waals surface area contributed by atoms with E-state index in [1.54, 1.807) is 12.1 Å². The number of carbonyl (C=O) groups excluding carboxylic acids is 3. The maximum atomic E-state index is 11.9. The van der Waals surface area contributed by atoms with E-state index in [4.69, 9.17) is 9.57 Å². The Balaban J connectivity index is 1.65. The highest BCUT2D eigenvalue weighted by Gasteiger charge is 2.33. The molecule has 3 heterocycles. The van der Waals surface area contributed by atoms with Crippen LogP contribution in [0.1, 0.15) is 23.2 Å². The molecule has 2 saturated heterocycles. The Morgan fingerprint density at radius 1 is 1.14 bits per heavy atom. The van der Waals surface area contributed by atoms with Crippen molar-refractivity contribution in [3.8, 4) is 0 Å². The Morgan fingerprint density at radius 2 is 1.82 bits per heavy atom. The Bertz CT molecular complexity index is 579. The highest BCUT2D eigenvalue weighted by molar-refractivity contribution is 6.02. The smallest absolute Gasteiger partial charge is 0.365 e. The molecule has 8 nitrogen and oxygen atoms in total. The van der Waals surface area contributed by atoms with Gasteiger partial charge in [-0.3, -0.25) is 9.59 Å². The van der Waals surface area contributed by atoms with Crippen molar-refractivity contribution in [1.82, 2.24) is 10.0 Å². The van der Waals surface area contributed by atoms with E-state index < -0.39 is 17.8 Å². The van der Waals surface area contributed by atoms with E-state index in [1.807, 2.05) is 4.90 Å². The fourth-order valence-electron chi connectivity index (χ4n) is 2.28. The molecular weight excluding hydrogens is 290 g/mol. The van der Waals surface area contributed by atoms with Crippen molar-refractivity contribution in [2.45, 2.75) is 12.8 Å². The predicted molar refractivity (Wildman–Crippen MR) is 73.8 cm³/mol. The molecule has 0 bridgehead atoms. The number of pyridine rings is 1. The van der Waals surface area contributed by atoms with Gasteiger partial charge in [-0.15, -0.1) is 5.06 Å². The lowest BCUT2D eigenvalue weighted by molar-refractivity contribution is -0.172. The number of hydrogen-bond acceptors (Lipinski definition) is 7. The third-order valence-electron chi connectivity index (χ3n) is 3.50. The first-order chi connectivity index (χ1) is 10.6. The molecule has 3 rings (SSSR count). The minimum atomic E-state index is -0.773. The molecule has 1 aromatic rings. The molecule has 2 aliphatic heterocycles. The number of imide groups is 1. The third kappa shape index (κ3) is 2.91. The summed E-state index contributed by atoms with van der Waals surface area (Å²) in [6.45, 7) is 2.77. The lowest BCUT2D eigenvalue weighted by Crippen LogP contribution is -2.36. The molecule has 0 N–H and O–H groups in total. The van der Waals surface area contributed by atoms with Crippen LogP contribution in [0.2, 0.25) is 0 Å². The van der Waals surface area contributed by atoms with Crippen LogP contribution in [0.5, 0.6) is 0 Å². The molecule has 8 heteroatoms. The molecule has 2 aliphatic rings. The van der Waals surface area contributed by atoms with Gasteiger partial charge in [0.15, 0.2) is 0 Å². The molecule has 0 aromatic carbocycles. The molecule has 0 unspecified atom stereocenters. The summed E-state index contributed by atoms with van der Waals surface area (Å²) in [5, 5.41) is 0.526. The van der Waals surface area contributed by atoms with Crippen LogP contribution in [0.3, 0.4) is 0 Å². The lowest BCUT2D eigenvalue weighted by atomic mass is 10.3. The van der Waals surface area contributed by atoms with Gasteiger partial charge in [0.1, 0.15) is 5.82 Å². The van der Waals surface area contributed by atoms with E-state index in [0.29, 0.717) is 18.3 Å². The van der Waals surface area contributed by atoms with Crippen molar-refractivity contribution in [1.29, 1.82) is 0 Å². The molecule has 0 radical (unpaired) electrons. The van der Waals surface area contributed by atoms with E-state index in [2.05, 4.69) is 4.98 Å². The maximum absolute atomic E-state index is 11.9. The number of aromatic nitrogens is 1. The number of morpholine rings is 1. The summed E-state index contributed by atoms with van der Waals surface area (Å²) < 4.78 is 5.26. The summed E-state index contributed by atoms with van der Waals surface area (Å²) in [6.07, 6.45) is 1.51. The van der Waals surface area contributed by atoms with Crippen LogP contribution in [-0.4, -0.2) is 54.1 Å². The van der Waals surface area contributed by atoms with E-state index >= 15 is 0 Å². The van der Waals surface area contributed by atoms with Crippen LogP contribution >= 0.6 is 0 Å². The van der Waals surface area contributed by atoms with Gasteiger partial charge >= 0.3 is 5.97 Å². The van der Waals surface area contributed by atoms with Gasteiger partial charge in [0, 0.05) is 32.1 Å². The van der Waals surface area contributed by atoms with Crippen molar-refractivity contribution in [2.75, 3.05) is 31.2 Å². The van der Waals surface area contributed by atoms with E-state index in [9.17, 15) is 14.4 Å². The molecular formula is C14H15N3O5. The zero-order chi connectivity index (χ0) is 15.5. The second-order valence-electron chi connectivity index (χ2n) is 4.97. The fraction of sp³-hybridized carbons (Fsp3) is 0.429. The van der Waals surface area contributed by atoms with Crippen LogP contribution in [0.15, 0.2) is 18.3 Å². The molecule has 0 saturated carbocycles. The zero-order valence-corrected chi connectivity index (χ0v) is 11.9. The number of carbonyl (C=O) groups is 3. The van der Waals surface area contributed by atoms with Gasteiger partial charge < -0.3 is 14.5 Å². The number of ether oxygens (including phenoxy) is 1. The predicted octanol–water partition coefficient (Wildman–Crippen LogP) is 0.139. The van der Waals surface area contributed by atoms with Crippen LogP contribution in [0.25, 0.3) is 0 Å². The van der Waals surface area contributed by atoms with Crippen molar-refractivity contribution in [2.24, 2.45) is 0 Å². The first-order valence-electron chi connectivity index (χ1n) is 7.02. The minimum absolute atomic E-state index is 0.0698. The number of amides is 2. The summed E-state index contributed by atoms with van der Waals surface area (Å²) in [5.74, 6) is -1.04.